The molecular formula is C14H21N5. The van der Waals surface area contributed by atoms with E-state index in [1.165, 1.54) is 11.1 Å². The summed E-state index contributed by atoms with van der Waals surface area (Å²) in [5.41, 5.74) is 3.52. The van der Waals surface area contributed by atoms with Gasteiger partial charge in [0.2, 0.25) is 0 Å². The minimum atomic E-state index is 0.0401. The van der Waals surface area contributed by atoms with Crippen LogP contribution >= 0.6 is 0 Å². The van der Waals surface area contributed by atoms with Crippen molar-refractivity contribution < 1.29 is 0 Å². The van der Waals surface area contributed by atoms with Crippen LogP contribution in [0.3, 0.4) is 0 Å². The number of rotatable bonds is 3. The lowest BCUT2D eigenvalue weighted by Crippen LogP contribution is -2.36. The molecule has 0 saturated carbocycles. The summed E-state index contributed by atoms with van der Waals surface area (Å²) in [5.74, 6) is 0.823. The van der Waals surface area contributed by atoms with E-state index in [4.69, 9.17) is 0 Å². The van der Waals surface area contributed by atoms with Crippen molar-refractivity contribution in [1.82, 2.24) is 25.5 Å². The molecule has 0 saturated heterocycles. The molecule has 5 heteroatoms. The Morgan fingerprint density at radius 1 is 1.21 bits per heavy atom. The minimum absolute atomic E-state index is 0.0401. The van der Waals surface area contributed by atoms with Crippen LogP contribution in [0.25, 0.3) is 5.69 Å². The van der Waals surface area contributed by atoms with E-state index in [2.05, 4.69) is 61.5 Å². The third kappa shape index (κ3) is 3.17. The molecule has 0 radical (unpaired) electrons. The molecular weight excluding hydrogens is 238 g/mol. The first-order valence-corrected chi connectivity index (χ1v) is 6.47. The molecule has 2 rings (SSSR count). The van der Waals surface area contributed by atoms with Crippen LogP contribution in [0, 0.1) is 13.8 Å². The van der Waals surface area contributed by atoms with Gasteiger partial charge in [-0.1, -0.05) is 12.1 Å². The first-order chi connectivity index (χ1) is 8.88. The summed E-state index contributed by atoms with van der Waals surface area (Å²) < 4.78 is 1.81. The van der Waals surface area contributed by atoms with Crippen LogP contribution in [0.1, 0.15) is 37.7 Å². The van der Waals surface area contributed by atoms with Crippen molar-refractivity contribution >= 4 is 0 Å². The number of nitrogens with zero attached hydrogens (tertiary/aromatic N) is 4. The second-order valence-corrected chi connectivity index (χ2v) is 5.83. The quantitative estimate of drug-likeness (QED) is 0.917. The summed E-state index contributed by atoms with van der Waals surface area (Å²) in [4.78, 5) is 0. The Labute approximate surface area is 114 Å². The van der Waals surface area contributed by atoms with E-state index in [1.807, 2.05) is 12.1 Å². The van der Waals surface area contributed by atoms with Gasteiger partial charge in [0, 0.05) is 5.54 Å². The van der Waals surface area contributed by atoms with Gasteiger partial charge in [0.1, 0.15) is 0 Å². The molecule has 0 fully saturated rings. The van der Waals surface area contributed by atoms with Crippen molar-refractivity contribution in [3.8, 4) is 5.69 Å². The van der Waals surface area contributed by atoms with Gasteiger partial charge in [-0.05, 0) is 62.2 Å². The monoisotopic (exact) mass is 259 g/mol. The van der Waals surface area contributed by atoms with E-state index >= 15 is 0 Å². The lowest BCUT2D eigenvalue weighted by atomic mass is 10.1. The fourth-order valence-electron chi connectivity index (χ4n) is 1.81. The normalized spacial score (nSPS) is 11.8. The highest BCUT2D eigenvalue weighted by atomic mass is 15.5. The second kappa shape index (κ2) is 5.09. The lowest BCUT2D eigenvalue weighted by Gasteiger charge is -2.20. The highest BCUT2D eigenvalue weighted by Gasteiger charge is 2.14. The molecule has 1 aromatic carbocycles. The summed E-state index contributed by atoms with van der Waals surface area (Å²) in [6.07, 6.45) is 0. The Morgan fingerprint density at radius 2 is 1.95 bits per heavy atom. The van der Waals surface area contributed by atoms with Crippen LogP contribution < -0.4 is 5.32 Å². The molecule has 0 amide bonds. The topological polar surface area (TPSA) is 55.6 Å². The molecule has 102 valence electrons. The van der Waals surface area contributed by atoms with Crippen LogP contribution in [0.4, 0.5) is 0 Å². The van der Waals surface area contributed by atoms with Crippen LogP contribution in [0.2, 0.25) is 0 Å². The average molecular weight is 259 g/mol. The summed E-state index contributed by atoms with van der Waals surface area (Å²) in [5, 5.41) is 15.4. The number of hydrogen-bond donors (Lipinski definition) is 1. The van der Waals surface area contributed by atoms with Gasteiger partial charge in [-0.15, -0.1) is 5.10 Å². The predicted octanol–water partition coefficient (Wildman–Crippen LogP) is 2.17. The number of aryl methyl sites for hydroxylation is 1. The summed E-state index contributed by atoms with van der Waals surface area (Å²) in [6.45, 7) is 11.2. The Bertz CT molecular complexity index is 565. The molecule has 19 heavy (non-hydrogen) atoms. The zero-order valence-electron chi connectivity index (χ0n) is 12.2. The van der Waals surface area contributed by atoms with Gasteiger partial charge < -0.3 is 5.32 Å². The smallest absolute Gasteiger partial charge is 0.170 e. The molecule has 0 spiro atoms. The fourth-order valence-corrected chi connectivity index (χ4v) is 1.81. The van der Waals surface area contributed by atoms with Crippen molar-refractivity contribution in [1.29, 1.82) is 0 Å². The first-order valence-electron chi connectivity index (χ1n) is 6.47. The van der Waals surface area contributed by atoms with Crippen LogP contribution in [-0.2, 0) is 6.54 Å². The van der Waals surface area contributed by atoms with Crippen molar-refractivity contribution in [2.45, 2.75) is 46.7 Å². The Hall–Kier alpha value is -1.75. The zero-order chi connectivity index (χ0) is 14.0. The number of nitrogens with one attached hydrogen (secondary N) is 1. The van der Waals surface area contributed by atoms with Crippen LogP contribution in [0.15, 0.2) is 18.2 Å². The standard InChI is InChI=1S/C14H21N5/c1-10-7-6-8-12(11(10)2)19-13(16-17-18-19)9-15-14(3,4)5/h6-8,15H,9H2,1-5H3. The Kier molecular flexibility index (Phi) is 3.66. The van der Waals surface area contributed by atoms with Gasteiger partial charge in [-0.3, -0.25) is 0 Å². The fraction of sp³-hybridized carbons (Fsp3) is 0.500. The van der Waals surface area contributed by atoms with E-state index in [1.54, 1.807) is 4.68 Å². The molecule has 2 aromatic rings. The molecule has 1 heterocycles. The highest BCUT2D eigenvalue weighted by molar-refractivity contribution is 5.44. The maximum Gasteiger partial charge on any atom is 0.170 e. The SMILES string of the molecule is Cc1cccc(-n2nnnc2CNC(C)(C)C)c1C. The maximum atomic E-state index is 4.11. The summed E-state index contributed by atoms with van der Waals surface area (Å²) in [6, 6.07) is 6.16. The average Bonchev–Trinajstić information content (AvgIpc) is 2.77. The van der Waals surface area contributed by atoms with Gasteiger partial charge in [0.15, 0.2) is 5.82 Å². The van der Waals surface area contributed by atoms with Gasteiger partial charge in [-0.2, -0.15) is 4.68 Å². The maximum absolute atomic E-state index is 4.11. The van der Waals surface area contributed by atoms with E-state index in [9.17, 15) is 0 Å². The Balaban J connectivity index is 2.31. The third-order valence-corrected chi connectivity index (χ3v) is 3.12. The van der Waals surface area contributed by atoms with Gasteiger partial charge in [0.05, 0.1) is 12.2 Å². The van der Waals surface area contributed by atoms with E-state index in [-0.39, 0.29) is 5.54 Å². The van der Waals surface area contributed by atoms with Crippen LogP contribution in [-0.4, -0.2) is 25.7 Å². The molecule has 0 aliphatic rings. The number of aromatic nitrogens is 4. The van der Waals surface area contributed by atoms with Crippen molar-refractivity contribution in [3.63, 3.8) is 0 Å². The van der Waals surface area contributed by atoms with Gasteiger partial charge >= 0.3 is 0 Å². The highest BCUT2D eigenvalue weighted by Crippen LogP contribution is 2.17. The lowest BCUT2D eigenvalue weighted by molar-refractivity contribution is 0.415. The zero-order valence-corrected chi connectivity index (χ0v) is 12.2. The van der Waals surface area contributed by atoms with Crippen molar-refractivity contribution in [3.05, 3.63) is 35.2 Å². The molecule has 0 unspecified atom stereocenters. The van der Waals surface area contributed by atoms with E-state index < -0.39 is 0 Å². The molecule has 5 nitrogen and oxygen atoms in total. The largest absolute Gasteiger partial charge is 0.305 e. The third-order valence-electron chi connectivity index (χ3n) is 3.12. The molecule has 1 N–H and O–H groups in total. The molecule has 0 atom stereocenters. The number of tetrazole rings is 1. The second-order valence-electron chi connectivity index (χ2n) is 5.83. The van der Waals surface area contributed by atoms with Crippen molar-refractivity contribution in [2.24, 2.45) is 0 Å². The van der Waals surface area contributed by atoms with E-state index in [0.717, 1.165) is 11.5 Å². The van der Waals surface area contributed by atoms with E-state index in [0.29, 0.717) is 6.54 Å². The molecule has 0 aliphatic carbocycles. The predicted molar refractivity (Wildman–Crippen MR) is 75.2 cm³/mol. The molecule has 0 bridgehead atoms. The van der Waals surface area contributed by atoms with Gasteiger partial charge in [0.25, 0.3) is 0 Å². The Morgan fingerprint density at radius 3 is 2.63 bits per heavy atom. The van der Waals surface area contributed by atoms with Gasteiger partial charge in [-0.25, -0.2) is 0 Å². The summed E-state index contributed by atoms with van der Waals surface area (Å²) in [7, 11) is 0. The summed E-state index contributed by atoms with van der Waals surface area (Å²) >= 11 is 0. The molecule has 0 aliphatic heterocycles. The number of hydrogen-bond acceptors (Lipinski definition) is 4. The molecule has 1 aromatic heterocycles. The van der Waals surface area contributed by atoms with Crippen LogP contribution in [0.5, 0.6) is 0 Å². The minimum Gasteiger partial charge on any atom is -0.305 e. The first kappa shape index (κ1) is 13.7. The number of benzene rings is 1. The van der Waals surface area contributed by atoms with Crippen molar-refractivity contribution in [2.75, 3.05) is 0 Å².